The summed E-state index contributed by atoms with van der Waals surface area (Å²) in [6, 6.07) is 10.3. The molecule has 0 radical (unpaired) electrons. The molecule has 2 N–H and O–H groups in total. The quantitative estimate of drug-likeness (QED) is 0.699. The van der Waals surface area contributed by atoms with Gasteiger partial charge in [-0.15, -0.1) is 0 Å². The van der Waals surface area contributed by atoms with Gasteiger partial charge >= 0.3 is 5.69 Å². The number of aliphatic hydroxyl groups excluding tert-OH is 1. The van der Waals surface area contributed by atoms with Gasteiger partial charge in [-0.1, -0.05) is 0 Å². The van der Waals surface area contributed by atoms with E-state index in [1.165, 1.54) is 10.6 Å². The van der Waals surface area contributed by atoms with Crippen molar-refractivity contribution in [1.82, 2.24) is 14.5 Å². The molecule has 1 unspecified atom stereocenters. The van der Waals surface area contributed by atoms with Crippen molar-refractivity contribution in [2.75, 3.05) is 37.6 Å². The van der Waals surface area contributed by atoms with Gasteiger partial charge in [0.2, 0.25) is 0 Å². The third-order valence-corrected chi connectivity index (χ3v) is 5.43. The number of aromatic nitrogens is 2. The van der Waals surface area contributed by atoms with Gasteiger partial charge < -0.3 is 14.7 Å². The Morgan fingerprint density at radius 3 is 2.43 bits per heavy atom. The monoisotopic (exact) mass is 413 g/mol. The number of aliphatic hydroxyl groups is 1. The lowest BCUT2D eigenvalue weighted by Gasteiger charge is -2.39. The molecule has 1 aliphatic rings. The first-order valence-electron chi connectivity index (χ1n) is 9.84. The van der Waals surface area contributed by atoms with E-state index in [0.717, 1.165) is 0 Å². The van der Waals surface area contributed by atoms with E-state index in [1.807, 2.05) is 18.7 Å². The summed E-state index contributed by atoms with van der Waals surface area (Å²) < 4.78 is 7.40. The van der Waals surface area contributed by atoms with E-state index in [-0.39, 0.29) is 0 Å². The zero-order chi connectivity index (χ0) is 21.9. The first kappa shape index (κ1) is 21.6. The van der Waals surface area contributed by atoms with Gasteiger partial charge in [-0.3, -0.25) is 19.2 Å². The molecular formula is C21H27N5O4. The SMILES string of the molecule is Cn1c(N2CCN(CC(O)C(C)(C)Oc3ccc(C#N)cc3)CC2)cc(=O)[nH]c1=O. The lowest BCUT2D eigenvalue weighted by molar-refractivity contribution is -0.0449. The molecular weight excluding hydrogens is 386 g/mol. The molecule has 3 rings (SSSR count). The molecule has 0 spiro atoms. The highest BCUT2D eigenvalue weighted by Crippen LogP contribution is 2.23. The van der Waals surface area contributed by atoms with Crippen molar-refractivity contribution in [3.8, 4) is 11.8 Å². The largest absolute Gasteiger partial charge is 0.485 e. The van der Waals surface area contributed by atoms with Gasteiger partial charge in [0, 0.05) is 45.8 Å². The number of H-pyrrole nitrogens is 1. The number of ether oxygens (including phenoxy) is 1. The summed E-state index contributed by atoms with van der Waals surface area (Å²) in [4.78, 5) is 29.8. The lowest BCUT2D eigenvalue weighted by atomic mass is 10.0. The van der Waals surface area contributed by atoms with Crippen molar-refractivity contribution in [1.29, 1.82) is 5.26 Å². The molecule has 9 heteroatoms. The molecule has 1 atom stereocenters. The van der Waals surface area contributed by atoms with Gasteiger partial charge in [-0.05, 0) is 38.1 Å². The Kier molecular flexibility index (Phi) is 6.29. The molecule has 1 fully saturated rings. The summed E-state index contributed by atoms with van der Waals surface area (Å²) >= 11 is 0. The van der Waals surface area contributed by atoms with E-state index >= 15 is 0 Å². The Labute approximate surface area is 174 Å². The average molecular weight is 413 g/mol. The molecule has 2 heterocycles. The Hall–Kier alpha value is -3.09. The summed E-state index contributed by atoms with van der Waals surface area (Å²) in [5.74, 6) is 1.19. The molecule has 160 valence electrons. The summed E-state index contributed by atoms with van der Waals surface area (Å²) in [6.07, 6.45) is -0.733. The summed E-state index contributed by atoms with van der Waals surface area (Å²) in [5.41, 5.74) is -1.11. The maximum absolute atomic E-state index is 11.8. The first-order valence-corrected chi connectivity index (χ1v) is 9.84. The number of nitriles is 1. The van der Waals surface area contributed by atoms with Crippen LogP contribution in [0.5, 0.6) is 5.75 Å². The predicted molar refractivity (Wildman–Crippen MR) is 113 cm³/mol. The van der Waals surface area contributed by atoms with Gasteiger partial charge in [-0.25, -0.2) is 4.79 Å². The van der Waals surface area contributed by atoms with Gasteiger partial charge in [0.05, 0.1) is 11.6 Å². The third kappa shape index (κ3) is 4.90. The second kappa shape index (κ2) is 8.73. The molecule has 1 aromatic carbocycles. The van der Waals surface area contributed by atoms with Crippen LogP contribution in [0.15, 0.2) is 39.9 Å². The minimum atomic E-state index is -0.818. The number of hydrogen-bond donors (Lipinski definition) is 2. The maximum atomic E-state index is 11.8. The summed E-state index contributed by atoms with van der Waals surface area (Å²) in [7, 11) is 1.63. The van der Waals surface area contributed by atoms with Crippen molar-refractivity contribution in [2.24, 2.45) is 7.05 Å². The fourth-order valence-corrected chi connectivity index (χ4v) is 3.44. The Balaban J connectivity index is 1.58. The maximum Gasteiger partial charge on any atom is 0.329 e. The molecule has 0 bridgehead atoms. The van der Waals surface area contributed by atoms with Crippen LogP contribution in [0, 0.1) is 11.3 Å². The number of hydrogen-bond acceptors (Lipinski definition) is 7. The number of piperazine rings is 1. The normalized spacial score (nSPS) is 16.2. The first-order chi connectivity index (χ1) is 14.2. The highest BCUT2D eigenvalue weighted by atomic mass is 16.5. The van der Waals surface area contributed by atoms with Crippen LogP contribution >= 0.6 is 0 Å². The topological polar surface area (TPSA) is 115 Å². The standard InChI is InChI=1S/C21H27N5O4/c1-21(2,30-16-6-4-15(13-22)5-7-16)17(27)14-25-8-10-26(11-9-25)19-12-18(28)23-20(29)24(19)3/h4-7,12,17,27H,8-11,14H2,1-3H3,(H,23,28,29). The van der Waals surface area contributed by atoms with E-state index in [2.05, 4.69) is 16.0 Å². The van der Waals surface area contributed by atoms with Crippen LogP contribution < -0.4 is 20.9 Å². The molecule has 1 aromatic heterocycles. The van der Waals surface area contributed by atoms with E-state index in [0.29, 0.717) is 49.9 Å². The van der Waals surface area contributed by atoms with Crippen LogP contribution in [0.3, 0.4) is 0 Å². The van der Waals surface area contributed by atoms with Crippen LogP contribution in [-0.4, -0.2) is 64.0 Å². The molecule has 30 heavy (non-hydrogen) atoms. The van der Waals surface area contributed by atoms with Crippen LogP contribution in [0.1, 0.15) is 19.4 Å². The number of β-amino-alcohol motifs (C(OH)–C–C–N with tert-alkyl or cyclic N) is 1. The summed E-state index contributed by atoms with van der Waals surface area (Å²) in [6.45, 7) is 6.75. The third-order valence-electron chi connectivity index (χ3n) is 5.43. The summed E-state index contributed by atoms with van der Waals surface area (Å²) in [5, 5.41) is 19.7. The van der Waals surface area contributed by atoms with Gasteiger partial charge in [0.1, 0.15) is 23.3 Å². The van der Waals surface area contributed by atoms with Gasteiger partial charge in [0.25, 0.3) is 5.56 Å². The van der Waals surface area contributed by atoms with Crippen LogP contribution in [0.2, 0.25) is 0 Å². The van der Waals surface area contributed by atoms with Crippen LogP contribution in [-0.2, 0) is 7.05 Å². The van der Waals surface area contributed by atoms with Gasteiger partial charge in [0.15, 0.2) is 0 Å². The predicted octanol–water partition coefficient (Wildman–Crippen LogP) is 0.286. The van der Waals surface area contributed by atoms with Crippen molar-refractivity contribution >= 4 is 5.82 Å². The van der Waals surface area contributed by atoms with Crippen molar-refractivity contribution in [3.63, 3.8) is 0 Å². The number of rotatable bonds is 6. The van der Waals surface area contributed by atoms with Crippen molar-refractivity contribution in [3.05, 3.63) is 56.7 Å². The zero-order valence-corrected chi connectivity index (χ0v) is 17.5. The molecule has 0 saturated carbocycles. The number of nitrogens with one attached hydrogen (secondary N) is 1. The smallest absolute Gasteiger partial charge is 0.329 e. The Bertz CT molecular complexity index is 1030. The highest BCUT2D eigenvalue weighted by Gasteiger charge is 2.32. The number of benzene rings is 1. The minimum Gasteiger partial charge on any atom is -0.485 e. The van der Waals surface area contributed by atoms with E-state index in [4.69, 9.17) is 10.00 Å². The molecule has 1 saturated heterocycles. The number of aromatic amines is 1. The number of nitrogens with zero attached hydrogens (tertiary/aromatic N) is 4. The van der Waals surface area contributed by atoms with E-state index in [9.17, 15) is 14.7 Å². The van der Waals surface area contributed by atoms with Crippen molar-refractivity contribution in [2.45, 2.75) is 25.6 Å². The van der Waals surface area contributed by atoms with E-state index < -0.39 is 23.0 Å². The Morgan fingerprint density at radius 2 is 1.83 bits per heavy atom. The molecule has 0 amide bonds. The van der Waals surface area contributed by atoms with Gasteiger partial charge in [-0.2, -0.15) is 5.26 Å². The molecule has 2 aromatic rings. The number of anilines is 1. The average Bonchev–Trinajstić information content (AvgIpc) is 2.71. The van der Waals surface area contributed by atoms with Crippen LogP contribution in [0.4, 0.5) is 5.82 Å². The fraction of sp³-hybridized carbons (Fsp3) is 0.476. The zero-order valence-electron chi connectivity index (χ0n) is 17.5. The fourth-order valence-electron chi connectivity index (χ4n) is 3.44. The molecule has 0 aliphatic carbocycles. The highest BCUT2D eigenvalue weighted by molar-refractivity contribution is 5.38. The lowest BCUT2D eigenvalue weighted by Crippen LogP contribution is -2.54. The van der Waals surface area contributed by atoms with Crippen molar-refractivity contribution < 1.29 is 9.84 Å². The Morgan fingerprint density at radius 1 is 1.20 bits per heavy atom. The second-order valence-corrected chi connectivity index (χ2v) is 8.00. The second-order valence-electron chi connectivity index (χ2n) is 8.00. The molecule has 9 nitrogen and oxygen atoms in total. The van der Waals surface area contributed by atoms with Crippen LogP contribution in [0.25, 0.3) is 0 Å². The molecule has 1 aliphatic heterocycles. The van der Waals surface area contributed by atoms with E-state index in [1.54, 1.807) is 31.3 Å². The minimum absolute atomic E-state index is 0.410.